The van der Waals surface area contributed by atoms with E-state index in [-0.39, 0.29) is 0 Å². The lowest BCUT2D eigenvalue weighted by atomic mass is 9.98. The van der Waals surface area contributed by atoms with Gasteiger partial charge in [0, 0.05) is 12.8 Å². The van der Waals surface area contributed by atoms with E-state index >= 15 is 0 Å². The summed E-state index contributed by atoms with van der Waals surface area (Å²) in [5, 5.41) is 0. The minimum absolute atomic E-state index is 0.472. The number of carbonyl (C=O) groups excluding carboxylic acids is 1. The molecule has 0 aromatic heterocycles. The molecular formula is C14H18O. The third-order valence-corrected chi connectivity index (χ3v) is 3.27. The summed E-state index contributed by atoms with van der Waals surface area (Å²) in [5.74, 6) is 1.15. The smallest absolute Gasteiger partial charge is 0.133 e. The second-order valence-electron chi connectivity index (χ2n) is 4.53. The van der Waals surface area contributed by atoms with Gasteiger partial charge in [0.15, 0.2) is 0 Å². The summed E-state index contributed by atoms with van der Waals surface area (Å²) in [7, 11) is 0. The zero-order chi connectivity index (χ0) is 10.5. The molecule has 0 heterocycles. The molecule has 1 unspecified atom stereocenters. The van der Waals surface area contributed by atoms with E-state index in [0.29, 0.717) is 11.7 Å². The Hall–Kier alpha value is -1.11. The van der Waals surface area contributed by atoms with Crippen molar-refractivity contribution in [2.75, 3.05) is 0 Å². The van der Waals surface area contributed by atoms with Gasteiger partial charge in [0.2, 0.25) is 0 Å². The summed E-state index contributed by atoms with van der Waals surface area (Å²) in [6.07, 6.45) is 6.41. The first-order chi connectivity index (χ1) is 7.34. The van der Waals surface area contributed by atoms with Gasteiger partial charge in [-0.25, -0.2) is 0 Å². The number of hydrogen-bond acceptors (Lipinski definition) is 1. The van der Waals surface area contributed by atoms with Gasteiger partial charge in [-0.05, 0) is 37.2 Å². The molecule has 0 spiro atoms. The van der Waals surface area contributed by atoms with E-state index in [4.69, 9.17) is 0 Å². The van der Waals surface area contributed by atoms with Crippen LogP contribution in [0.1, 0.15) is 37.7 Å². The Morgan fingerprint density at radius 2 is 2.00 bits per heavy atom. The van der Waals surface area contributed by atoms with Crippen LogP contribution in [0.4, 0.5) is 0 Å². The predicted octanol–water partition coefficient (Wildman–Crippen LogP) is 3.38. The van der Waals surface area contributed by atoms with Crippen molar-refractivity contribution < 1.29 is 4.79 Å². The van der Waals surface area contributed by atoms with Gasteiger partial charge >= 0.3 is 0 Å². The lowest BCUT2D eigenvalue weighted by molar-refractivity contribution is -0.117. The maximum Gasteiger partial charge on any atom is 0.133 e. The summed E-state index contributed by atoms with van der Waals surface area (Å²) >= 11 is 0. The van der Waals surface area contributed by atoms with E-state index in [1.807, 2.05) is 0 Å². The third kappa shape index (κ3) is 3.19. The zero-order valence-corrected chi connectivity index (χ0v) is 9.11. The second-order valence-corrected chi connectivity index (χ2v) is 4.53. The standard InChI is InChI=1S/C14H18O/c15-14-10-9-13(11-14)8-4-7-12-5-2-1-3-6-12/h1-3,5-6,13H,4,7-11H2. The van der Waals surface area contributed by atoms with E-state index in [0.717, 1.165) is 25.7 Å². The van der Waals surface area contributed by atoms with E-state index in [1.54, 1.807) is 0 Å². The largest absolute Gasteiger partial charge is 0.300 e. The molecule has 0 N–H and O–H groups in total. The van der Waals surface area contributed by atoms with Crippen LogP contribution >= 0.6 is 0 Å². The Morgan fingerprint density at radius 3 is 2.67 bits per heavy atom. The van der Waals surface area contributed by atoms with Gasteiger partial charge in [-0.2, -0.15) is 0 Å². The number of aryl methyl sites for hydroxylation is 1. The average molecular weight is 202 g/mol. The topological polar surface area (TPSA) is 17.1 Å². The Bertz CT molecular complexity index is 315. The van der Waals surface area contributed by atoms with Crippen LogP contribution in [0, 0.1) is 5.92 Å². The zero-order valence-electron chi connectivity index (χ0n) is 9.11. The fourth-order valence-corrected chi connectivity index (χ4v) is 2.38. The molecule has 0 aliphatic heterocycles. The first-order valence-electron chi connectivity index (χ1n) is 5.90. The maximum atomic E-state index is 11.1. The molecule has 80 valence electrons. The quantitative estimate of drug-likeness (QED) is 0.731. The molecule has 1 aromatic carbocycles. The molecule has 1 aliphatic carbocycles. The first kappa shape index (κ1) is 10.4. The molecule has 1 aliphatic rings. The summed E-state index contributed by atoms with van der Waals surface area (Å²) < 4.78 is 0. The van der Waals surface area contributed by atoms with Crippen molar-refractivity contribution in [1.82, 2.24) is 0 Å². The molecule has 0 bridgehead atoms. The Kier molecular flexibility index (Phi) is 3.54. The number of benzene rings is 1. The summed E-state index contributed by atoms with van der Waals surface area (Å²) in [6, 6.07) is 10.6. The van der Waals surface area contributed by atoms with Crippen LogP contribution in [-0.2, 0) is 11.2 Å². The van der Waals surface area contributed by atoms with Gasteiger partial charge in [-0.3, -0.25) is 4.79 Å². The lowest BCUT2D eigenvalue weighted by Crippen LogP contribution is -1.96. The third-order valence-electron chi connectivity index (χ3n) is 3.27. The molecule has 1 atom stereocenters. The van der Waals surface area contributed by atoms with Crippen LogP contribution < -0.4 is 0 Å². The number of ketones is 1. The highest BCUT2D eigenvalue weighted by atomic mass is 16.1. The lowest BCUT2D eigenvalue weighted by Gasteiger charge is -2.07. The minimum atomic E-state index is 0.472. The summed E-state index contributed by atoms with van der Waals surface area (Å²) in [5.41, 5.74) is 1.42. The van der Waals surface area contributed by atoms with Gasteiger partial charge in [0.25, 0.3) is 0 Å². The highest BCUT2D eigenvalue weighted by molar-refractivity contribution is 5.80. The van der Waals surface area contributed by atoms with Gasteiger partial charge < -0.3 is 0 Å². The molecule has 1 saturated carbocycles. The molecule has 1 fully saturated rings. The van der Waals surface area contributed by atoms with Crippen LogP contribution in [-0.4, -0.2) is 5.78 Å². The monoisotopic (exact) mass is 202 g/mol. The van der Waals surface area contributed by atoms with Gasteiger partial charge in [0.05, 0.1) is 0 Å². The van der Waals surface area contributed by atoms with Crippen LogP contribution in [0.25, 0.3) is 0 Å². The molecule has 1 nitrogen and oxygen atoms in total. The number of hydrogen-bond donors (Lipinski definition) is 0. The Balaban J connectivity index is 1.69. The highest BCUT2D eigenvalue weighted by Crippen LogP contribution is 2.26. The van der Waals surface area contributed by atoms with E-state index in [2.05, 4.69) is 30.3 Å². The maximum absolute atomic E-state index is 11.1. The van der Waals surface area contributed by atoms with Crippen molar-refractivity contribution in [2.24, 2.45) is 5.92 Å². The molecular weight excluding hydrogens is 184 g/mol. The number of Topliss-reactive ketones (excluding diaryl/α,β-unsaturated/α-hetero) is 1. The van der Waals surface area contributed by atoms with Crippen LogP contribution in [0.3, 0.4) is 0 Å². The number of carbonyl (C=O) groups is 1. The van der Waals surface area contributed by atoms with Gasteiger partial charge in [-0.15, -0.1) is 0 Å². The normalized spacial score (nSPS) is 20.8. The Morgan fingerprint density at radius 1 is 1.20 bits per heavy atom. The van der Waals surface area contributed by atoms with E-state index in [1.165, 1.54) is 18.4 Å². The number of rotatable bonds is 4. The summed E-state index contributed by atoms with van der Waals surface area (Å²) in [6.45, 7) is 0. The first-order valence-corrected chi connectivity index (χ1v) is 5.90. The van der Waals surface area contributed by atoms with Crippen molar-refractivity contribution in [3.8, 4) is 0 Å². The molecule has 0 radical (unpaired) electrons. The average Bonchev–Trinajstić information content (AvgIpc) is 2.66. The SMILES string of the molecule is O=C1CCC(CCCc2ccccc2)C1. The van der Waals surface area contributed by atoms with Crippen LogP contribution in [0.15, 0.2) is 30.3 Å². The van der Waals surface area contributed by atoms with Crippen molar-refractivity contribution >= 4 is 5.78 Å². The molecule has 0 amide bonds. The molecule has 1 heteroatoms. The minimum Gasteiger partial charge on any atom is -0.300 e. The van der Waals surface area contributed by atoms with Crippen molar-refractivity contribution in [3.05, 3.63) is 35.9 Å². The van der Waals surface area contributed by atoms with E-state index < -0.39 is 0 Å². The molecule has 15 heavy (non-hydrogen) atoms. The molecule has 1 aromatic rings. The predicted molar refractivity (Wildman–Crippen MR) is 61.7 cm³/mol. The van der Waals surface area contributed by atoms with Crippen molar-refractivity contribution in [3.63, 3.8) is 0 Å². The van der Waals surface area contributed by atoms with Crippen molar-refractivity contribution in [2.45, 2.75) is 38.5 Å². The second kappa shape index (κ2) is 5.11. The highest BCUT2D eigenvalue weighted by Gasteiger charge is 2.21. The fraction of sp³-hybridized carbons (Fsp3) is 0.500. The van der Waals surface area contributed by atoms with Crippen LogP contribution in [0.5, 0.6) is 0 Å². The molecule has 0 saturated heterocycles. The van der Waals surface area contributed by atoms with Gasteiger partial charge in [0.1, 0.15) is 5.78 Å². The van der Waals surface area contributed by atoms with Crippen molar-refractivity contribution in [1.29, 1.82) is 0 Å². The summed E-state index contributed by atoms with van der Waals surface area (Å²) in [4.78, 5) is 11.1. The Labute approximate surface area is 91.5 Å². The fourth-order valence-electron chi connectivity index (χ4n) is 2.38. The van der Waals surface area contributed by atoms with Gasteiger partial charge in [-0.1, -0.05) is 30.3 Å². The van der Waals surface area contributed by atoms with Crippen LogP contribution in [0.2, 0.25) is 0 Å². The van der Waals surface area contributed by atoms with E-state index in [9.17, 15) is 4.79 Å². The molecule has 2 rings (SSSR count).